The second kappa shape index (κ2) is 12.0. The summed E-state index contributed by atoms with van der Waals surface area (Å²) in [5, 5.41) is 3.69. The number of aryl methyl sites for hydroxylation is 1. The van der Waals surface area contributed by atoms with E-state index in [-0.39, 0.29) is 17.2 Å². The first-order valence-corrected chi connectivity index (χ1v) is 14.1. The van der Waals surface area contributed by atoms with Crippen molar-refractivity contribution in [2.75, 3.05) is 0 Å². The molecule has 0 unspecified atom stereocenters. The topological polar surface area (TPSA) is 128 Å². The third-order valence-electron chi connectivity index (χ3n) is 6.28. The summed E-state index contributed by atoms with van der Waals surface area (Å²) in [6.07, 6.45) is 8.88. The second-order valence-electron chi connectivity index (χ2n) is 10.6. The number of carbonyl (C=O) groups is 2. The van der Waals surface area contributed by atoms with Crippen LogP contribution in [0.3, 0.4) is 0 Å². The number of rotatable bonds is 10. The zero-order chi connectivity index (χ0) is 26.3. The molecule has 0 radical (unpaired) electrons. The highest BCUT2D eigenvalue weighted by atomic mass is 32.2. The van der Waals surface area contributed by atoms with Gasteiger partial charge in [-0.2, -0.15) is 4.98 Å². The molecule has 0 saturated heterocycles. The largest absolute Gasteiger partial charge is 0.460 e. The van der Waals surface area contributed by atoms with Crippen molar-refractivity contribution in [2.24, 2.45) is 5.92 Å². The van der Waals surface area contributed by atoms with Crippen LogP contribution in [0.1, 0.15) is 107 Å². The number of amides is 1. The summed E-state index contributed by atoms with van der Waals surface area (Å²) < 4.78 is 37.9. The minimum atomic E-state index is -4.10. The fourth-order valence-electron chi connectivity index (χ4n) is 4.46. The summed E-state index contributed by atoms with van der Waals surface area (Å²) in [6.45, 7) is 7.23. The molecule has 2 aromatic rings. The average Bonchev–Trinajstić information content (AvgIpc) is 3.28. The van der Waals surface area contributed by atoms with Gasteiger partial charge >= 0.3 is 11.9 Å². The number of nitrogens with one attached hydrogen (secondary N) is 1. The molecule has 1 aliphatic rings. The lowest BCUT2D eigenvalue weighted by Crippen LogP contribution is -2.31. The van der Waals surface area contributed by atoms with E-state index in [1.807, 2.05) is 11.6 Å². The smallest absolute Gasteiger partial charge is 0.307 e. The van der Waals surface area contributed by atoms with E-state index < -0.39 is 39.2 Å². The molecule has 3 rings (SSSR count). The highest BCUT2D eigenvalue weighted by Gasteiger charge is 2.29. The maximum Gasteiger partial charge on any atom is 0.307 e. The van der Waals surface area contributed by atoms with E-state index in [0.717, 1.165) is 18.4 Å². The van der Waals surface area contributed by atoms with Gasteiger partial charge in [-0.1, -0.05) is 67.8 Å². The van der Waals surface area contributed by atoms with E-state index in [1.54, 1.807) is 32.9 Å². The van der Waals surface area contributed by atoms with Gasteiger partial charge in [-0.3, -0.25) is 9.59 Å². The predicted octanol–water partition coefficient (Wildman–Crippen LogP) is 5.06. The van der Waals surface area contributed by atoms with Crippen LogP contribution >= 0.6 is 0 Å². The van der Waals surface area contributed by atoms with E-state index in [0.29, 0.717) is 12.3 Å². The monoisotopic (exact) mass is 519 g/mol. The number of hydrogen-bond acceptors (Lipinski definition) is 8. The van der Waals surface area contributed by atoms with Crippen LogP contribution in [0.2, 0.25) is 0 Å². The molecule has 1 heterocycles. The van der Waals surface area contributed by atoms with Crippen molar-refractivity contribution in [3.8, 4) is 0 Å². The Kier molecular flexibility index (Phi) is 9.27. The fourth-order valence-corrected chi connectivity index (χ4v) is 5.41. The Morgan fingerprint density at radius 3 is 2.44 bits per heavy atom. The zero-order valence-electron chi connectivity index (χ0n) is 21.6. The highest BCUT2D eigenvalue weighted by molar-refractivity contribution is 7.90. The summed E-state index contributed by atoms with van der Waals surface area (Å²) in [6, 6.07) is 6.10. The van der Waals surface area contributed by atoms with Crippen LogP contribution in [0, 0.1) is 12.8 Å². The summed E-state index contributed by atoms with van der Waals surface area (Å²) in [4.78, 5) is 29.3. The van der Waals surface area contributed by atoms with Gasteiger partial charge in [-0.25, -0.2) is 13.1 Å². The van der Waals surface area contributed by atoms with Crippen molar-refractivity contribution in [1.29, 1.82) is 0 Å². The molecular weight excluding hydrogens is 482 g/mol. The first kappa shape index (κ1) is 27.8. The zero-order valence-corrected chi connectivity index (χ0v) is 22.4. The van der Waals surface area contributed by atoms with Gasteiger partial charge < -0.3 is 9.26 Å². The molecule has 198 valence electrons. The lowest BCUT2D eigenvalue weighted by molar-refractivity contribution is -0.155. The second-order valence-corrected chi connectivity index (χ2v) is 12.3. The van der Waals surface area contributed by atoms with Crippen molar-refractivity contribution in [1.82, 2.24) is 14.9 Å². The number of ether oxygens (including phenoxy) is 1. The Bertz CT molecular complexity index is 1130. The van der Waals surface area contributed by atoms with Gasteiger partial charge in [-0.05, 0) is 52.2 Å². The third kappa shape index (κ3) is 8.43. The maximum absolute atomic E-state index is 12.6. The fraction of sp³-hybridized carbons (Fsp3) is 0.615. The molecule has 1 fully saturated rings. The Balaban J connectivity index is 1.69. The quantitative estimate of drug-likeness (QED) is 0.431. The van der Waals surface area contributed by atoms with Crippen molar-refractivity contribution >= 4 is 21.9 Å². The molecule has 9 nitrogen and oxygen atoms in total. The van der Waals surface area contributed by atoms with Crippen LogP contribution in [0.4, 0.5) is 0 Å². The summed E-state index contributed by atoms with van der Waals surface area (Å²) >= 11 is 0. The van der Waals surface area contributed by atoms with Crippen LogP contribution in [0.15, 0.2) is 33.7 Å². The van der Waals surface area contributed by atoms with Gasteiger partial charge in [0.05, 0.1) is 11.3 Å². The number of sulfonamides is 1. The van der Waals surface area contributed by atoms with Gasteiger partial charge in [0.2, 0.25) is 5.89 Å². The van der Waals surface area contributed by atoms with Gasteiger partial charge in [0, 0.05) is 5.92 Å². The predicted molar refractivity (Wildman–Crippen MR) is 134 cm³/mol. The molecule has 1 aromatic carbocycles. The Morgan fingerprint density at radius 2 is 1.81 bits per heavy atom. The molecule has 1 saturated carbocycles. The Labute approximate surface area is 213 Å². The van der Waals surface area contributed by atoms with E-state index in [4.69, 9.17) is 9.26 Å². The molecule has 36 heavy (non-hydrogen) atoms. The molecular formula is C26H37N3O6S. The van der Waals surface area contributed by atoms with E-state index >= 15 is 0 Å². The minimum absolute atomic E-state index is 0.0346. The molecule has 0 bridgehead atoms. The van der Waals surface area contributed by atoms with Gasteiger partial charge in [0.15, 0.2) is 0 Å². The molecule has 1 atom stereocenters. The molecule has 1 amide bonds. The minimum Gasteiger partial charge on any atom is -0.460 e. The standard InChI is InChI=1S/C26H37N3O6S/c1-18-13-15-21(16-14-18)36(32,33)29-24(31)23-27-25(35-28-23)20(17-22(30)34-26(2,3)4)12-8-11-19-9-6-5-7-10-19/h13-16,19-20H,5-12,17H2,1-4H3,(H,29,31)/t20-/m0/s1. The summed E-state index contributed by atoms with van der Waals surface area (Å²) in [7, 11) is -4.10. The lowest BCUT2D eigenvalue weighted by atomic mass is 9.84. The number of benzene rings is 1. The van der Waals surface area contributed by atoms with Gasteiger partial charge in [-0.15, -0.1) is 0 Å². The van der Waals surface area contributed by atoms with E-state index in [9.17, 15) is 18.0 Å². The first-order valence-electron chi connectivity index (χ1n) is 12.6. The molecule has 0 aliphatic heterocycles. The number of nitrogens with zero attached hydrogens (tertiary/aromatic N) is 2. The van der Waals surface area contributed by atoms with E-state index in [1.165, 1.54) is 44.2 Å². The van der Waals surface area contributed by atoms with Crippen LogP contribution < -0.4 is 4.72 Å². The van der Waals surface area contributed by atoms with Crippen LogP contribution in [-0.4, -0.2) is 36.0 Å². The SMILES string of the molecule is Cc1ccc(S(=O)(=O)NC(=O)c2noc([C@@H](CCCC3CCCCC3)CC(=O)OC(C)(C)C)n2)cc1. The van der Waals surface area contributed by atoms with Gasteiger partial charge in [0.25, 0.3) is 15.8 Å². The Morgan fingerprint density at radius 1 is 1.14 bits per heavy atom. The maximum atomic E-state index is 12.6. The van der Waals surface area contributed by atoms with Crippen molar-refractivity contribution in [2.45, 2.75) is 102 Å². The average molecular weight is 520 g/mol. The number of hydrogen-bond donors (Lipinski definition) is 1. The van der Waals surface area contributed by atoms with E-state index in [2.05, 4.69) is 10.1 Å². The lowest BCUT2D eigenvalue weighted by Gasteiger charge is -2.23. The number of aromatic nitrogens is 2. The molecule has 10 heteroatoms. The normalized spacial score (nSPS) is 15.9. The summed E-state index contributed by atoms with van der Waals surface area (Å²) in [5.74, 6) is -1.40. The van der Waals surface area contributed by atoms with Crippen molar-refractivity contribution < 1.29 is 27.3 Å². The molecule has 1 aromatic heterocycles. The number of esters is 1. The van der Waals surface area contributed by atoms with Crippen molar-refractivity contribution in [3.05, 3.63) is 41.5 Å². The molecule has 1 N–H and O–H groups in total. The Hall–Kier alpha value is -2.75. The van der Waals surface area contributed by atoms with Crippen LogP contribution in [-0.2, 0) is 19.6 Å². The third-order valence-corrected chi connectivity index (χ3v) is 7.62. The first-order chi connectivity index (χ1) is 16.9. The number of carbonyl (C=O) groups excluding carboxylic acids is 2. The molecule has 1 aliphatic carbocycles. The highest BCUT2D eigenvalue weighted by Crippen LogP contribution is 2.31. The summed E-state index contributed by atoms with van der Waals surface area (Å²) in [5.41, 5.74) is 0.260. The van der Waals surface area contributed by atoms with Crippen LogP contribution in [0.5, 0.6) is 0 Å². The van der Waals surface area contributed by atoms with Gasteiger partial charge in [0.1, 0.15) is 5.60 Å². The van der Waals surface area contributed by atoms with Crippen molar-refractivity contribution in [3.63, 3.8) is 0 Å². The van der Waals surface area contributed by atoms with Crippen LogP contribution in [0.25, 0.3) is 0 Å². The molecule has 0 spiro atoms.